The first-order valence-electron chi connectivity index (χ1n) is 6.09. The topological polar surface area (TPSA) is 29.3 Å². The molecule has 1 unspecified atom stereocenters. The molecule has 1 aliphatic rings. The highest BCUT2D eigenvalue weighted by molar-refractivity contribution is 8.00. The van der Waals surface area contributed by atoms with E-state index in [1.54, 1.807) is 0 Å². The highest BCUT2D eigenvalue weighted by Crippen LogP contribution is 2.25. The van der Waals surface area contributed by atoms with E-state index >= 15 is 0 Å². The van der Waals surface area contributed by atoms with Gasteiger partial charge in [-0.2, -0.15) is 11.8 Å². The number of thioether (sulfide) groups is 1. The van der Waals surface area contributed by atoms with E-state index in [4.69, 9.17) is 18.0 Å². The van der Waals surface area contributed by atoms with Crippen LogP contribution in [0.1, 0.15) is 33.6 Å². The van der Waals surface area contributed by atoms with Crippen LogP contribution in [0.2, 0.25) is 0 Å². The van der Waals surface area contributed by atoms with Crippen molar-refractivity contribution < 1.29 is 0 Å². The number of nitrogens with two attached hydrogens (primary N) is 1. The molecule has 0 aromatic rings. The van der Waals surface area contributed by atoms with Gasteiger partial charge in [-0.05, 0) is 19.4 Å². The minimum absolute atomic E-state index is 0.00162. The van der Waals surface area contributed by atoms with Crippen molar-refractivity contribution in [2.75, 3.05) is 25.4 Å². The van der Waals surface area contributed by atoms with E-state index in [2.05, 4.69) is 37.4 Å². The molecule has 0 aromatic heterocycles. The zero-order chi connectivity index (χ0) is 12.2. The predicted molar refractivity (Wildman–Crippen MR) is 78.2 cm³/mol. The first kappa shape index (κ1) is 14.3. The van der Waals surface area contributed by atoms with E-state index in [0.717, 1.165) is 18.2 Å². The largest absolute Gasteiger partial charge is 0.393 e. The van der Waals surface area contributed by atoms with Crippen LogP contribution < -0.4 is 5.73 Å². The molecule has 1 atom stereocenters. The molecule has 1 saturated heterocycles. The Hall–Kier alpha value is 0.200. The van der Waals surface area contributed by atoms with Crippen molar-refractivity contribution in [2.24, 2.45) is 11.1 Å². The van der Waals surface area contributed by atoms with Gasteiger partial charge in [-0.1, -0.05) is 33.0 Å². The molecule has 2 nitrogen and oxygen atoms in total. The molecule has 0 radical (unpaired) electrons. The zero-order valence-electron chi connectivity index (χ0n) is 10.7. The molecule has 0 amide bonds. The summed E-state index contributed by atoms with van der Waals surface area (Å²) in [7, 11) is 0. The molecular weight excluding hydrogens is 236 g/mol. The van der Waals surface area contributed by atoms with E-state index in [-0.39, 0.29) is 5.41 Å². The summed E-state index contributed by atoms with van der Waals surface area (Å²) in [5, 5.41) is 0.821. The Balaban J connectivity index is 2.35. The van der Waals surface area contributed by atoms with Crippen LogP contribution in [0.3, 0.4) is 0 Å². The summed E-state index contributed by atoms with van der Waals surface area (Å²) in [5.74, 6) is 1.27. The number of rotatable bonds is 5. The average molecular weight is 260 g/mol. The maximum Gasteiger partial charge on any atom is 0.0784 e. The smallest absolute Gasteiger partial charge is 0.0784 e. The fourth-order valence-corrected chi connectivity index (χ4v) is 3.14. The molecule has 1 heterocycles. The highest BCUT2D eigenvalue weighted by atomic mass is 32.2. The molecule has 94 valence electrons. The molecule has 2 N–H and O–H groups in total. The van der Waals surface area contributed by atoms with E-state index in [1.807, 2.05) is 0 Å². The predicted octanol–water partition coefficient (Wildman–Crippen LogP) is 2.52. The van der Waals surface area contributed by atoms with Crippen molar-refractivity contribution in [3.05, 3.63) is 0 Å². The summed E-state index contributed by atoms with van der Waals surface area (Å²) >= 11 is 7.21. The Morgan fingerprint density at radius 2 is 2.25 bits per heavy atom. The number of thiocarbonyl (C=S) groups is 1. The normalized spacial score (nSPS) is 23.3. The summed E-state index contributed by atoms with van der Waals surface area (Å²) < 4.78 is 0. The lowest BCUT2D eigenvalue weighted by molar-refractivity contribution is 0.252. The lowest BCUT2D eigenvalue weighted by Gasteiger charge is -2.34. The van der Waals surface area contributed by atoms with E-state index in [1.165, 1.54) is 25.3 Å². The maximum atomic E-state index is 5.75. The molecule has 0 spiro atoms. The summed E-state index contributed by atoms with van der Waals surface area (Å²) in [4.78, 5) is 3.20. The van der Waals surface area contributed by atoms with Crippen LogP contribution in [-0.2, 0) is 0 Å². The van der Waals surface area contributed by atoms with Gasteiger partial charge in [0.25, 0.3) is 0 Å². The molecule has 0 aromatic carbocycles. The van der Waals surface area contributed by atoms with Crippen LogP contribution in [0.5, 0.6) is 0 Å². The molecule has 1 fully saturated rings. The van der Waals surface area contributed by atoms with Crippen LogP contribution in [0.25, 0.3) is 0 Å². The lowest BCUT2D eigenvalue weighted by Crippen LogP contribution is -2.41. The van der Waals surface area contributed by atoms with E-state index in [9.17, 15) is 0 Å². The van der Waals surface area contributed by atoms with Gasteiger partial charge in [-0.25, -0.2) is 0 Å². The second kappa shape index (κ2) is 6.22. The van der Waals surface area contributed by atoms with Gasteiger partial charge in [0.1, 0.15) is 0 Å². The monoisotopic (exact) mass is 260 g/mol. The van der Waals surface area contributed by atoms with Gasteiger partial charge < -0.3 is 10.6 Å². The van der Waals surface area contributed by atoms with Gasteiger partial charge in [0.15, 0.2) is 0 Å². The minimum atomic E-state index is 0.00162. The third-order valence-electron chi connectivity index (χ3n) is 3.40. The third kappa shape index (κ3) is 4.22. The van der Waals surface area contributed by atoms with Crippen molar-refractivity contribution in [1.29, 1.82) is 0 Å². The maximum absolute atomic E-state index is 5.75. The van der Waals surface area contributed by atoms with E-state index < -0.39 is 0 Å². The van der Waals surface area contributed by atoms with Gasteiger partial charge in [0.05, 0.1) is 4.99 Å². The quantitative estimate of drug-likeness (QED) is 0.769. The van der Waals surface area contributed by atoms with Crippen LogP contribution in [0, 0.1) is 5.41 Å². The molecule has 0 bridgehead atoms. The standard InChI is InChI=1S/C12H24N2S2/c1-4-10-9-14(7-8-16-10)6-5-12(2,3)11(13)15/h10H,4-9H2,1-3H3,(H2,13,15). The van der Waals surface area contributed by atoms with Crippen LogP contribution in [-0.4, -0.2) is 40.5 Å². The Morgan fingerprint density at radius 3 is 2.81 bits per heavy atom. The molecule has 0 saturated carbocycles. The fourth-order valence-electron chi connectivity index (χ4n) is 1.79. The van der Waals surface area contributed by atoms with Crippen molar-refractivity contribution in [3.63, 3.8) is 0 Å². The Kier molecular flexibility index (Phi) is 5.54. The number of hydrogen-bond donors (Lipinski definition) is 1. The first-order chi connectivity index (χ1) is 7.45. The van der Waals surface area contributed by atoms with Crippen LogP contribution >= 0.6 is 24.0 Å². The molecule has 4 heteroatoms. The Bertz CT molecular complexity index is 241. The molecule has 0 aliphatic carbocycles. The Morgan fingerprint density at radius 1 is 1.56 bits per heavy atom. The second-order valence-electron chi connectivity index (χ2n) is 5.20. The lowest BCUT2D eigenvalue weighted by atomic mass is 9.89. The summed E-state index contributed by atoms with van der Waals surface area (Å²) in [6.45, 7) is 10.1. The molecule has 16 heavy (non-hydrogen) atoms. The molecular formula is C12H24N2S2. The molecule has 1 aliphatic heterocycles. The summed E-state index contributed by atoms with van der Waals surface area (Å²) in [5.41, 5.74) is 5.75. The average Bonchev–Trinajstić information content (AvgIpc) is 2.26. The van der Waals surface area contributed by atoms with Gasteiger partial charge in [-0.3, -0.25) is 0 Å². The Labute approximate surface area is 109 Å². The number of nitrogens with zero attached hydrogens (tertiary/aromatic N) is 1. The SMILES string of the molecule is CCC1CN(CCC(C)(C)C(N)=S)CCS1. The van der Waals surface area contributed by atoms with Crippen molar-refractivity contribution in [3.8, 4) is 0 Å². The minimum Gasteiger partial charge on any atom is -0.393 e. The van der Waals surface area contributed by atoms with Gasteiger partial charge in [-0.15, -0.1) is 0 Å². The zero-order valence-corrected chi connectivity index (χ0v) is 12.3. The summed E-state index contributed by atoms with van der Waals surface area (Å²) in [6, 6.07) is 0. The third-order valence-corrected chi connectivity index (χ3v) is 5.32. The number of hydrogen-bond acceptors (Lipinski definition) is 3. The van der Waals surface area contributed by atoms with E-state index in [0.29, 0.717) is 4.99 Å². The second-order valence-corrected chi connectivity index (χ2v) is 7.05. The van der Waals surface area contributed by atoms with Crippen molar-refractivity contribution in [2.45, 2.75) is 38.9 Å². The first-order valence-corrected chi connectivity index (χ1v) is 7.55. The van der Waals surface area contributed by atoms with Crippen LogP contribution in [0.15, 0.2) is 0 Å². The van der Waals surface area contributed by atoms with Crippen molar-refractivity contribution in [1.82, 2.24) is 4.90 Å². The highest BCUT2D eigenvalue weighted by Gasteiger charge is 2.24. The van der Waals surface area contributed by atoms with Gasteiger partial charge in [0.2, 0.25) is 0 Å². The molecule has 1 rings (SSSR count). The van der Waals surface area contributed by atoms with Crippen LogP contribution in [0.4, 0.5) is 0 Å². The van der Waals surface area contributed by atoms with Gasteiger partial charge in [0, 0.05) is 29.5 Å². The van der Waals surface area contributed by atoms with Gasteiger partial charge >= 0.3 is 0 Å². The fraction of sp³-hybridized carbons (Fsp3) is 0.917. The van der Waals surface area contributed by atoms with Crippen molar-refractivity contribution >= 4 is 29.0 Å². The summed E-state index contributed by atoms with van der Waals surface area (Å²) in [6.07, 6.45) is 2.35.